The van der Waals surface area contributed by atoms with Gasteiger partial charge in [0.2, 0.25) is 5.91 Å². The van der Waals surface area contributed by atoms with Gasteiger partial charge in [-0.3, -0.25) is 10.2 Å². The van der Waals surface area contributed by atoms with E-state index >= 15 is 0 Å². The first-order valence-corrected chi connectivity index (χ1v) is 12.5. The number of anilines is 1. The number of carbonyl (C=O) groups excluding carboxylic acids is 1. The summed E-state index contributed by atoms with van der Waals surface area (Å²) in [7, 11) is 1.63. The molecule has 3 N–H and O–H groups in total. The van der Waals surface area contributed by atoms with Crippen LogP contribution in [0.25, 0.3) is 11.2 Å². The number of hydrogen-bond acceptors (Lipinski definition) is 6. The van der Waals surface area contributed by atoms with Gasteiger partial charge < -0.3 is 19.6 Å². The maximum Gasteiger partial charge on any atom is 0.335 e. The summed E-state index contributed by atoms with van der Waals surface area (Å²) in [6.07, 6.45) is 12.2. The summed E-state index contributed by atoms with van der Waals surface area (Å²) in [6, 6.07) is 11.8. The molecule has 0 radical (unpaired) electrons. The number of hydrogen-bond donors (Lipinski definition) is 3. The number of aryl methyl sites for hydroxylation is 1. The minimum atomic E-state index is -1.05. The predicted octanol–water partition coefficient (Wildman–Crippen LogP) is 5.01. The van der Waals surface area contributed by atoms with E-state index < -0.39 is 11.9 Å². The van der Waals surface area contributed by atoms with Gasteiger partial charge in [0.15, 0.2) is 5.65 Å². The molecule has 9 nitrogen and oxygen atoms in total. The highest BCUT2D eigenvalue weighted by molar-refractivity contribution is 6.13. The van der Waals surface area contributed by atoms with Crippen molar-refractivity contribution in [1.29, 1.82) is 5.41 Å². The number of imidazole rings is 1. The topological polar surface area (TPSA) is 130 Å². The molecule has 0 saturated carbocycles. The predicted molar refractivity (Wildman–Crippen MR) is 149 cm³/mol. The molecule has 5 rings (SSSR count). The number of methoxy groups -OCH3 is 1. The lowest BCUT2D eigenvalue weighted by Gasteiger charge is -2.17. The maximum absolute atomic E-state index is 12.8. The van der Waals surface area contributed by atoms with Gasteiger partial charge in [0.1, 0.15) is 11.4 Å². The van der Waals surface area contributed by atoms with Crippen LogP contribution in [-0.4, -0.2) is 44.2 Å². The fourth-order valence-electron chi connectivity index (χ4n) is 4.56. The molecule has 0 spiro atoms. The number of amides is 1. The molecule has 0 saturated heterocycles. The number of carboxylic acid groups (broad SMARTS) is 1. The second-order valence-corrected chi connectivity index (χ2v) is 9.12. The summed E-state index contributed by atoms with van der Waals surface area (Å²) in [5.41, 5.74) is 5.06. The fraction of sp³-hybridized carbons (Fsp3) is 0.167. The number of ether oxygens (including phenoxy) is 1. The van der Waals surface area contributed by atoms with E-state index in [2.05, 4.69) is 10.3 Å². The molecule has 196 valence electrons. The van der Waals surface area contributed by atoms with Crippen LogP contribution in [-0.2, 0) is 11.2 Å². The lowest BCUT2D eigenvalue weighted by Crippen LogP contribution is -2.22. The highest BCUT2D eigenvalue weighted by Crippen LogP contribution is 2.27. The second kappa shape index (κ2) is 10.7. The zero-order valence-corrected chi connectivity index (χ0v) is 21.5. The number of allylic oxidation sites excluding steroid dienone is 3. The first-order valence-electron chi connectivity index (χ1n) is 12.5. The fourth-order valence-corrected chi connectivity index (χ4v) is 4.56. The van der Waals surface area contributed by atoms with Crippen LogP contribution in [0.1, 0.15) is 46.2 Å². The van der Waals surface area contributed by atoms with Gasteiger partial charge in [0.05, 0.1) is 30.0 Å². The van der Waals surface area contributed by atoms with Gasteiger partial charge in [-0.1, -0.05) is 31.2 Å². The SMILES string of the molecule is CCc1cc(C(=N)c2nc(C3=CCC(C(=O)Nc4cccc(C(=O)O)c4)C=C3)cn3ccnc23)ccc1OC. The van der Waals surface area contributed by atoms with E-state index in [-0.39, 0.29) is 17.2 Å². The van der Waals surface area contributed by atoms with E-state index in [4.69, 9.17) is 15.1 Å². The smallest absolute Gasteiger partial charge is 0.335 e. The van der Waals surface area contributed by atoms with Crippen molar-refractivity contribution in [1.82, 2.24) is 14.4 Å². The Kier molecular flexibility index (Phi) is 7.05. The molecule has 1 unspecified atom stereocenters. The first-order chi connectivity index (χ1) is 18.9. The summed E-state index contributed by atoms with van der Waals surface area (Å²) in [4.78, 5) is 33.3. The molecule has 0 aliphatic heterocycles. The van der Waals surface area contributed by atoms with Crippen molar-refractivity contribution in [3.63, 3.8) is 0 Å². The minimum Gasteiger partial charge on any atom is -0.496 e. The molecule has 2 aromatic carbocycles. The average molecular weight is 522 g/mol. The van der Waals surface area contributed by atoms with Gasteiger partial charge in [-0.25, -0.2) is 14.8 Å². The van der Waals surface area contributed by atoms with Crippen LogP contribution in [0.15, 0.2) is 79.3 Å². The first kappa shape index (κ1) is 25.6. The van der Waals surface area contributed by atoms with Crippen LogP contribution in [0.3, 0.4) is 0 Å². The highest BCUT2D eigenvalue weighted by Gasteiger charge is 2.21. The summed E-state index contributed by atoms with van der Waals surface area (Å²) in [6.45, 7) is 2.04. The Labute approximate surface area is 225 Å². The number of nitrogens with zero attached hydrogens (tertiary/aromatic N) is 3. The maximum atomic E-state index is 12.8. The molecule has 1 aliphatic rings. The van der Waals surface area contributed by atoms with E-state index in [0.29, 0.717) is 29.1 Å². The summed E-state index contributed by atoms with van der Waals surface area (Å²) in [5.74, 6) is -0.907. The highest BCUT2D eigenvalue weighted by atomic mass is 16.5. The van der Waals surface area contributed by atoms with Gasteiger partial charge in [-0.2, -0.15) is 0 Å². The van der Waals surface area contributed by atoms with Crippen molar-refractivity contribution in [2.45, 2.75) is 19.8 Å². The van der Waals surface area contributed by atoms with E-state index in [1.54, 1.807) is 25.4 Å². The van der Waals surface area contributed by atoms with E-state index in [1.807, 2.05) is 60.1 Å². The second-order valence-electron chi connectivity index (χ2n) is 9.12. The quantitative estimate of drug-likeness (QED) is 0.280. The van der Waals surface area contributed by atoms with Gasteiger partial charge in [0, 0.05) is 29.8 Å². The lowest BCUT2D eigenvalue weighted by atomic mass is 9.94. The Bertz CT molecular complexity index is 1670. The van der Waals surface area contributed by atoms with Crippen molar-refractivity contribution in [2.24, 2.45) is 5.92 Å². The van der Waals surface area contributed by atoms with Gasteiger partial charge in [-0.15, -0.1) is 0 Å². The molecule has 2 heterocycles. The number of nitrogens with one attached hydrogen (secondary N) is 2. The standard InChI is InChI=1S/C30H27N5O4/c1-3-18-15-21(11-12-25(18)39-2)26(31)27-28-32-13-14-35(28)17-24(34-27)19-7-9-20(10-8-19)29(36)33-23-6-4-5-22(16-23)30(37)38/h4-9,11-17,20,31H,3,10H2,1-2H3,(H,33,36)(H,37,38). The number of fused-ring (bicyclic) bond motifs is 1. The Balaban J connectivity index is 1.38. The van der Waals surface area contributed by atoms with Crippen molar-refractivity contribution in [2.75, 3.05) is 12.4 Å². The molecule has 39 heavy (non-hydrogen) atoms. The number of carbonyl (C=O) groups is 2. The zero-order valence-electron chi connectivity index (χ0n) is 21.5. The molecular weight excluding hydrogens is 494 g/mol. The van der Waals surface area contributed by atoms with Crippen LogP contribution in [0.2, 0.25) is 0 Å². The molecule has 9 heteroatoms. The van der Waals surface area contributed by atoms with Crippen LogP contribution in [0.5, 0.6) is 5.75 Å². The van der Waals surface area contributed by atoms with E-state index in [9.17, 15) is 14.7 Å². The lowest BCUT2D eigenvalue weighted by molar-refractivity contribution is -0.118. The van der Waals surface area contributed by atoms with Crippen molar-refractivity contribution < 1.29 is 19.4 Å². The minimum absolute atomic E-state index is 0.108. The van der Waals surface area contributed by atoms with Crippen LogP contribution in [0.4, 0.5) is 5.69 Å². The zero-order chi connectivity index (χ0) is 27.5. The Morgan fingerprint density at radius 3 is 2.77 bits per heavy atom. The Morgan fingerprint density at radius 1 is 1.21 bits per heavy atom. The van der Waals surface area contributed by atoms with Crippen LogP contribution >= 0.6 is 0 Å². The molecule has 0 bridgehead atoms. The number of benzene rings is 2. The molecule has 1 aliphatic carbocycles. The van der Waals surface area contributed by atoms with Crippen molar-refractivity contribution in [3.05, 3.63) is 107 Å². The monoisotopic (exact) mass is 521 g/mol. The molecule has 0 fully saturated rings. The number of rotatable bonds is 8. The molecule has 1 atom stereocenters. The third-order valence-corrected chi connectivity index (χ3v) is 6.67. The van der Waals surface area contributed by atoms with Crippen molar-refractivity contribution >= 4 is 34.5 Å². The number of aromatic nitrogens is 3. The average Bonchev–Trinajstić information content (AvgIpc) is 3.45. The summed E-state index contributed by atoms with van der Waals surface area (Å²) in [5, 5.41) is 20.9. The normalized spacial score (nSPS) is 14.6. The van der Waals surface area contributed by atoms with Crippen molar-refractivity contribution in [3.8, 4) is 5.75 Å². The third kappa shape index (κ3) is 5.19. The molecular formula is C30H27N5O4. The van der Waals surface area contributed by atoms with Crippen LogP contribution in [0, 0.1) is 11.3 Å². The molecule has 4 aromatic rings. The van der Waals surface area contributed by atoms with Crippen LogP contribution < -0.4 is 10.1 Å². The number of carboxylic acids is 1. The van der Waals surface area contributed by atoms with Gasteiger partial charge in [0.25, 0.3) is 0 Å². The largest absolute Gasteiger partial charge is 0.496 e. The molecule has 2 aromatic heterocycles. The summed E-state index contributed by atoms with van der Waals surface area (Å²) < 4.78 is 7.28. The third-order valence-electron chi connectivity index (χ3n) is 6.67. The van der Waals surface area contributed by atoms with E-state index in [1.165, 1.54) is 12.1 Å². The van der Waals surface area contributed by atoms with E-state index in [0.717, 1.165) is 28.9 Å². The van der Waals surface area contributed by atoms with Gasteiger partial charge in [-0.05, 0) is 60.4 Å². The Morgan fingerprint density at radius 2 is 2.05 bits per heavy atom. The summed E-state index contributed by atoms with van der Waals surface area (Å²) >= 11 is 0. The van der Waals surface area contributed by atoms with Gasteiger partial charge >= 0.3 is 5.97 Å². The Hall–Kier alpha value is -5.05. The number of aromatic carboxylic acids is 1. The molecule has 1 amide bonds.